The highest BCUT2D eigenvalue weighted by molar-refractivity contribution is 5.87. The fourth-order valence-electron chi connectivity index (χ4n) is 2.52. The van der Waals surface area contributed by atoms with Gasteiger partial charge >= 0.3 is 0 Å². The number of rotatable bonds is 8. The molecule has 0 aromatic heterocycles. The molecule has 2 aromatic rings. The molecule has 2 N–H and O–H groups in total. The van der Waals surface area contributed by atoms with Gasteiger partial charge in [-0.2, -0.15) is 0 Å². The van der Waals surface area contributed by atoms with Gasteiger partial charge in [0.1, 0.15) is 6.04 Å². The molecule has 0 unspecified atom stereocenters. The maximum absolute atomic E-state index is 12.1. The summed E-state index contributed by atoms with van der Waals surface area (Å²) in [5, 5.41) is 5.59. The lowest BCUT2D eigenvalue weighted by molar-refractivity contribution is -0.128. The Morgan fingerprint density at radius 3 is 2.20 bits per heavy atom. The Balaban J connectivity index is 1.72. The molecule has 0 radical (unpaired) electrons. The van der Waals surface area contributed by atoms with E-state index in [1.807, 2.05) is 30.3 Å². The summed E-state index contributed by atoms with van der Waals surface area (Å²) in [5.41, 5.74) is 3.45. The summed E-state index contributed by atoms with van der Waals surface area (Å²) in [6.45, 7) is 4.28. The maximum atomic E-state index is 12.1. The van der Waals surface area contributed by atoms with E-state index in [0.29, 0.717) is 19.4 Å². The Morgan fingerprint density at radius 2 is 1.56 bits per heavy atom. The number of nitrogens with one attached hydrogen (secondary N) is 2. The molecule has 0 bridgehead atoms. The van der Waals surface area contributed by atoms with Crippen LogP contribution in [0, 0.1) is 0 Å². The minimum Gasteiger partial charge on any atom is -0.350 e. The zero-order chi connectivity index (χ0) is 18.1. The van der Waals surface area contributed by atoms with Crippen molar-refractivity contribution in [2.24, 2.45) is 0 Å². The zero-order valence-corrected chi connectivity index (χ0v) is 14.9. The number of hydrogen-bond acceptors (Lipinski definition) is 2. The van der Waals surface area contributed by atoms with E-state index in [1.54, 1.807) is 6.92 Å². The highest BCUT2D eigenvalue weighted by atomic mass is 16.2. The molecule has 0 aliphatic carbocycles. The molecule has 0 fully saturated rings. The van der Waals surface area contributed by atoms with Crippen molar-refractivity contribution in [3.05, 3.63) is 71.3 Å². The van der Waals surface area contributed by atoms with Crippen molar-refractivity contribution >= 4 is 11.8 Å². The van der Waals surface area contributed by atoms with Crippen molar-refractivity contribution in [2.75, 3.05) is 0 Å². The topological polar surface area (TPSA) is 58.2 Å². The second kappa shape index (κ2) is 9.62. The summed E-state index contributed by atoms with van der Waals surface area (Å²) in [4.78, 5) is 24.1. The number of amides is 2. The van der Waals surface area contributed by atoms with Gasteiger partial charge in [-0.05, 0) is 36.5 Å². The molecule has 0 spiro atoms. The van der Waals surface area contributed by atoms with Gasteiger partial charge in [0.05, 0.1) is 0 Å². The largest absolute Gasteiger partial charge is 0.350 e. The van der Waals surface area contributed by atoms with Gasteiger partial charge < -0.3 is 10.6 Å². The standard InChI is InChI=1S/C21H26N2O2/c1-3-17-9-11-18(12-10-17)13-14-20(24)23-16(2)21(25)22-15-19-7-5-4-6-8-19/h4-12,16H,3,13-15H2,1-2H3,(H,22,25)(H,23,24)/t16-/m0/s1. The Kier molecular flexibility index (Phi) is 7.20. The average molecular weight is 338 g/mol. The van der Waals surface area contributed by atoms with Crippen LogP contribution in [0.5, 0.6) is 0 Å². The molecule has 0 heterocycles. The third-order valence-electron chi connectivity index (χ3n) is 4.15. The fraction of sp³-hybridized carbons (Fsp3) is 0.333. The van der Waals surface area contributed by atoms with Crippen molar-refractivity contribution in [1.82, 2.24) is 10.6 Å². The number of aryl methyl sites for hydroxylation is 2. The van der Waals surface area contributed by atoms with Crippen LogP contribution in [-0.4, -0.2) is 17.9 Å². The molecular formula is C21H26N2O2. The molecule has 0 aliphatic rings. The molecule has 4 heteroatoms. The third-order valence-corrected chi connectivity index (χ3v) is 4.15. The number of hydrogen-bond donors (Lipinski definition) is 2. The van der Waals surface area contributed by atoms with Gasteiger partial charge in [0.25, 0.3) is 0 Å². The SMILES string of the molecule is CCc1ccc(CCC(=O)N[C@@H](C)C(=O)NCc2ccccc2)cc1. The number of carbonyl (C=O) groups is 2. The van der Waals surface area contributed by atoms with Gasteiger partial charge in [-0.15, -0.1) is 0 Å². The Morgan fingerprint density at radius 1 is 0.920 bits per heavy atom. The van der Waals surface area contributed by atoms with E-state index < -0.39 is 6.04 Å². The summed E-state index contributed by atoms with van der Waals surface area (Å²) in [6.07, 6.45) is 2.06. The van der Waals surface area contributed by atoms with E-state index in [9.17, 15) is 9.59 Å². The van der Waals surface area contributed by atoms with Gasteiger partial charge in [-0.3, -0.25) is 9.59 Å². The smallest absolute Gasteiger partial charge is 0.242 e. The highest BCUT2D eigenvalue weighted by Gasteiger charge is 2.15. The Labute approximate surface area is 149 Å². The predicted octanol–water partition coefficient (Wildman–Crippen LogP) is 3.00. The lowest BCUT2D eigenvalue weighted by atomic mass is 10.1. The first-order valence-electron chi connectivity index (χ1n) is 8.77. The van der Waals surface area contributed by atoms with Gasteiger partial charge in [0.2, 0.25) is 11.8 Å². The highest BCUT2D eigenvalue weighted by Crippen LogP contribution is 2.07. The predicted molar refractivity (Wildman–Crippen MR) is 100 cm³/mol. The van der Waals surface area contributed by atoms with Crippen LogP contribution >= 0.6 is 0 Å². The van der Waals surface area contributed by atoms with E-state index in [2.05, 4.69) is 41.8 Å². The van der Waals surface area contributed by atoms with Crippen molar-refractivity contribution in [3.8, 4) is 0 Å². The first kappa shape index (κ1) is 18.7. The Bertz CT molecular complexity index is 681. The first-order chi connectivity index (χ1) is 12.1. The van der Waals surface area contributed by atoms with Crippen LogP contribution in [-0.2, 0) is 29.0 Å². The molecule has 2 aromatic carbocycles. The van der Waals surface area contributed by atoms with E-state index in [4.69, 9.17) is 0 Å². The molecule has 1 atom stereocenters. The Hall–Kier alpha value is -2.62. The monoisotopic (exact) mass is 338 g/mol. The van der Waals surface area contributed by atoms with Crippen LogP contribution in [0.4, 0.5) is 0 Å². The van der Waals surface area contributed by atoms with Crippen LogP contribution in [0.2, 0.25) is 0 Å². The molecule has 0 aliphatic heterocycles. The third kappa shape index (κ3) is 6.42. The maximum Gasteiger partial charge on any atom is 0.242 e. The molecule has 2 amide bonds. The van der Waals surface area contributed by atoms with Crippen LogP contribution in [0.1, 0.15) is 37.0 Å². The molecule has 2 rings (SSSR count). The summed E-state index contributed by atoms with van der Waals surface area (Å²) in [6, 6.07) is 17.5. The van der Waals surface area contributed by atoms with E-state index in [0.717, 1.165) is 17.5 Å². The normalized spacial score (nSPS) is 11.6. The van der Waals surface area contributed by atoms with Gasteiger partial charge in [-0.1, -0.05) is 61.5 Å². The van der Waals surface area contributed by atoms with Crippen molar-refractivity contribution in [2.45, 2.75) is 45.7 Å². The lowest BCUT2D eigenvalue weighted by Gasteiger charge is -2.14. The summed E-state index contributed by atoms with van der Waals surface area (Å²) < 4.78 is 0. The molecule has 0 saturated heterocycles. The summed E-state index contributed by atoms with van der Waals surface area (Å²) in [7, 11) is 0. The van der Waals surface area contributed by atoms with Gasteiger partial charge in [0, 0.05) is 13.0 Å². The molecule has 0 saturated carbocycles. The van der Waals surface area contributed by atoms with Crippen molar-refractivity contribution < 1.29 is 9.59 Å². The minimum atomic E-state index is -0.543. The van der Waals surface area contributed by atoms with Crippen LogP contribution in [0.15, 0.2) is 54.6 Å². The quantitative estimate of drug-likeness (QED) is 0.777. The van der Waals surface area contributed by atoms with Gasteiger partial charge in [-0.25, -0.2) is 0 Å². The lowest BCUT2D eigenvalue weighted by Crippen LogP contribution is -2.44. The fourth-order valence-corrected chi connectivity index (χ4v) is 2.52. The van der Waals surface area contributed by atoms with E-state index in [1.165, 1.54) is 5.56 Å². The number of carbonyl (C=O) groups excluding carboxylic acids is 2. The van der Waals surface area contributed by atoms with Crippen molar-refractivity contribution in [1.29, 1.82) is 0 Å². The average Bonchev–Trinajstić information content (AvgIpc) is 2.65. The molecule has 132 valence electrons. The summed E-state index contributed by atoms with van der Waals surface area (Å²) >= 11 is 0. The van der Waals surface area contributed by atoms with Crippen LogP contribution in [0.25, 0.3) is 0 Å². The second-order valence-electron chi connectivity index (χ2n) is 6.16. The molecule has 4 nitrogen and oxygen atoms in total. The number of benzene rings is 2. The molecular weight excluding hydrogens is 312 g/mol. The second-order valence-corrected chi connectivity index (χ2v) is 6.16. The van der Waals surface area contributed by atoms with E-state index >= 15 is 0 Å². The van der Waals surface area contributed by atoms with Gasteiger partial charge in [0.15, 0.2) is 0 Å². The van der Waals surface area contributed by atoms with Crippen LogP contribution < -0.4 is 10.6 Å². The van der Waals surface area contributed by atoms with E-state index in [-0.39, 0.29) is 11.8 Å². The van der Waals surface area contributed by atoms with Crippen molar-refractivity contribution in [3.63, 3.8) is 0 Å². The minimum absolute atomic E-state index is 0.109. The van der Waals surface area contributed by atoms with Crippen LogP contribution in [0.3, 0.4) is 0 Å². The zero-order valence-electron chi connectivity index (χ0n) is 14.9. The summed E-state index contributed by atoms with van der Waals surface area (Å²) in [5.74, 6) is -0.286. The molecule has 25 heavy (non-hydrogen) atoms. The first-order valence-corrected chi connectivity index (χ1v) is 8.77.